The Morgan fingerprint density at radius 3 is 1.41 bits per heavy atom. The van der Waals surface area contributed by atoms with E-state index >= 15 is 0 Å². The van der Waals surface area contributed by atoms with Gasteiger partial charge in [0.1, 0.15) is 22.7 Å². The summed E-state index contributed by atoms with van der Waals surface area (Å²) in [5, 5.41) is 22.7. The fourth-order valence-corrected chi connectivity index (χ4v) is 3.93. The molecule has 3 aromatic carbocycles. The van der Waals surface area contributed by atoms with Gasteiger partial charge in [-0.15, -0.1) is 0 Å². The number of aromatic hydroxyl groups is 2. The van der Waals surface area contributed by atoms with Crippen molar-refractivity contribution in [2.24, 2.45) is 0 Å². The van der Waals surface area contributed by atoms with Gasteiger partial charge < -0.3 is 24.5 Å². The topological polar surface area (TPSA) is 131 Å². The largest absolute Gasteiger partial charge is 4.00 e. The van der Waals surface area contributed by atoms with Crippen LogP contribution in [0.25, 0.3) is 21.9 Å². The van der Waals surface area contributed by atoms with Crippen molar-refractivity contribution in [2.75, 3.05) is 0 Å². The van der Waals surface area contributed by atoms with E-state index in [0.717, 1.165) is 0 Å². The van der Waals surface area contributed by atoms with Crippen molar-refractivity contribution < 1.29 is 76.9 Å². The zero-order valence-corrected chi connectivity index (χ0v) is 22.5. The van der Waals surface area contributed by atoms with Crippen molar-refractivity contribution in [2.45, 2.75) is 5.92 Å². The Balaban J connectivity index is 0.00000136. The SMILES string of the molecule is O=c1oc2ccccc2c(O)c1C(c1ccccc1)c1c(O)c2ccccc2oc1=O.[OH-].[Zr+4].[Zr+4]. The summed E-state index contributed by atoms with van der Waals surface area (Å²) in [5.41, 5.74) is -0.969. The Morgan fingerprint density at radius 2 is 0.971 bits per heavy atom. The van der Waals surface area contributed by atoms with Crippen LogP contribution in [0.5, 0.6) is 11.5 Å². The molecule has 0 aliphatic carbocycles. The molecular weight excluding hydrogens is 595 g/mol. The molecule has 0 aliphatic rings. The molecule has 0 saturated carbocycles. The van der Waals surface area contributed by atoms with Crippen LogP contribution in [0.2, 0.25) is 0 Å². The first-order chi connectivity index (χ1) is 15.1. The second-order valence-electron chi connectivity index (χ2n) is 7.14. The monoisotopic (exact) mass is 609 g/mol. The van der Waals surface area contributed by atoms with Crippen molar-refractivity contribution in [3.05, 3.63) is 116 Å². The molecule has 2 aromatic heterocycles. The minimum atomic E-state index is -1.11. The molecule has 7 nitrogen and oxygen atoms in total. The molecule has 34 heavy (non-hydrogen) atoms. The predicted molar refractivity (Wildman–Crippen MR) is 118 cm³/mol. The molecular formula is C25H17O7Zr2+7. The van der Waals surface area contributed by atoms with Gasteiger partial charge in [-0.05, 0) is 29.8 Å². The van der Waals surface area contributed by atoms with Crippen LogP contribution in [0.4, 0.5) is 0 Å². The van der Waals surface area contributed by atoms with E-state index in [2.05, 4.69) is 0 Å². The van der Waals surface area contributed by atoms with Gasteiger partial charge in [-0.25, -0.2) is 9.59 Å². The van der Waals surface area contributed by atoms with Gasteiger partial charge in [-0.1, -0.05) is 54.6 Å². The smallest absolute Gasteiger partial charge is 0.870 e. The average molecular weight is 612 g/mol. The molecule has 0 bridgehead atoms. The van der Waals surface area contributed by atoms with E-state index in [1.54, 1.807) is 78.9 Å². The number of fused-ring (bicyclic) bond motifs is 2. The molecule has 0 saturated heterocycles. The van der Waals surface area contributed by atoms with E-state index in [1.807, 2.05) is 0 Å². The third-order valence-corrected chi connectivity index (χ3v) is 5.35. The van der Waals surface area contributed by atoms with Crippen molar-refractivity contribution >= 4 is 21.9 Å². The van der Waals surface area contributed by atoms with E-state index in [4.69, 9.17) is 8.83 Å². The van der Waals surface area contributed by atoms with Gasteiger partial charge in [-0.2, -0.15) is 0 Å². The van der Waals surface area contributed by atoms with Crippen LogP contribution < -0.4 is 11.3 Å². The number of hydrogen-bond donors (Lipinski definition) is 2. The zero-order valence-electron chi connectivity index (χ0n) is 17.6. The molecule has 5 rings (SSSR count). The molecule has 0 spiro atoms. The van der Waals surface area contributed by atoms with Gasteiger partial charge in [0, 0.05) is 0 Å². The number of benzene rings is 3. The number of hydrogen-bond acceptors (Lipinski definition) is 7. The first-order valence-corrected chi connectivity index (χ1v) is 9.60. The van der Waals surface area contributed by atoms with Crippen molar-refractivity contribution in [3.8, 4) is 11.5 Å². The van der Waals surface area contributed by atoms with Crippen LogP contribution in [-0.4, -0.2) is 15.7 Å². The normalized spacial score (nSPS) is 10.4. The molecule has 9 heteroatoms. The van der Waals surface area contributed by atoms with Crippen LogP contribution in [0.15, 0.2) is 97.3 Å². The summed E-state index contributed by atoms with van der Waals surface area (Å²) in [6.07, 6.45) is 0. The quantitative estimate of drug-likeness (QED) is 0.291. The first-order valence-electron chi connectivity index (χ1n) is 9.60. The third-order valence-electron chi connectivity index (χ3n) is 5.35. The van der Waals surface area contributed by atoms with Crippen LogP contribution in [0.3, 0.4) is 0 Å². The fourth-order valence-electron chi connectivity index (χ4n) is 3.93. The molecule has 3 N–H and O–H groups in total. The predicted octanol–water partition coefficient (Wildman–Crippen LogP) is 4.31. The summed E-state index contributed by atoms with van der Waals surface area (Å²) in [5.74, 6) is -1.73. The Morgan fingerprint density at radius 1 is 0.588 bits per heavy atom. The number of rotatable bonds is 3. The van der Waals surface area contributed by atoms with Crippen LogP contribution in [-0.2, 0) is 52.4 Å². The molecule has 0 amide bonds. The van der Waals surface area contributed by atoms with Gasteiger partial charge in [0.15, 0.2) is 0 Å². The van der Waals surface area contributed by atoms with E-state index in [9.17, 15) is 19.8 Å². The summed E-state index contributed by atoms with van der Waals surface area (Å²) in [7, 11) is 0. The first kappa shape index (κ1) is 27.6. The maximum atomic E-state index is 13.0. The van der Waals surface area contributed by atoms with Gasteiger partial charge in [0.2, 0.25) is 0 Å². The van der Waals surface area contributed by atoms with Crippen molar-refractivity contribution in [1.29, 1.82) is 0 Å². The van der Waals surface area contributed by atoms with E-state index < -0.39 is 17.2 Å². The summed E-state index contributed by atoms with van der Waals surface area (Å²) >= 11 is 0. The summed E-state index contributed by atoms with van der Waals surface area (Å²) in [6, 6.07) is 21.8. The maximum Gasteiger partial charge on any atom is 4.00 e. The third kappa shape index (κ3) is 4.65. The minimum Gasteiger partial charge on any atom is -0.870 e. The van der Waals surface area contributed by atoms with Gasteiger partial charge in [0.25, 0.3) is 0 Å². The van der Waals surface area contributed by atoms with Crippen LogP contribution in [0.1, 0.15) is 22.6 Å². The molecule has 0 fully saturated rings. The Labute approximate surface area is 231 Å². The van der Waals surface area contributed by atoms with Crippen LogP contribution >= 0.6 is 0 Å². The Kier molecular flexibility index (Phi) is 9.13. The van der Waals surface area contributed by atoms with Crippen molar-refractivity contribution in [1.82, 2.24) is 0 Å². The summed E-state index contributed by atoms with van der Waals surface area (Å²) in [4.78, 5) is 26.0. The standard InChI is InChI=1S/C25H16O6.H2O.2Zr/c26-22-15-10-4-6-12-17(15)30-24(28)20(22)19(14-8-2-1-3-9-14)21-23(27)16-11-5-7-13-18(16)31-25(21)29;;;/h1-13,19,26-27H;1H2;;/q;;2*+4/p-1. The van der Waals surface area contributed by atoms with Gasteiger partial charge >= 0.3 is 63.7 Å². The second-order valence-corrected chi connectivity index (χ2v) is 7.14. The van der Waals surface area contributed by atoms with E-state index in [0.29, 0.717) is 16.3 Å². The van der Waals surface area contributed by atoms with Gasteiger partial charge in [-0.3, -0.25) is 0 Å². The molecule has 5 aromatic rings. The number of para-hydroxylation sites is 2. The fraction of sp³-hybridized carbons (Fsp3) is 0.0400. The molecule has 0 radical (unpaired) electrons. The minimum absolute atomic E-state index is 0. The van der Waals surface area contributed by atoms with Crippen LogP contribution in [0, 0.1) is 0 Å². The second kappa shape index (κ2) is 11.2. The maximum absolute atomic E-state index is 13.0. The summed E-state index contributed by atoms with van der Waals surface area (Å²) in [6.45, 7) is 0. The average Bonchev–Trinajstić information content (AvgIpc) is 2.78. The van der Waals surface area contributed by atoms with E-state index in [1.165, 1.54) is 0 Å². The molecule has 160 valence electrons. The Bertz CT molecular complexity index is 1460. The Hall–Kier alpha value is -2.59. The molecule has 0 unspecified atom stereocenters. The molecule has 0 aliphatic heterocycles. The summed E-state index contributed by atoms with van der Waals surface area (Å²) < 4.78 is 10.9. The molecule has 2 heterocycles. The zero-order chi connectivity index (χ0) is 21.5. The van der Waals surface area contributed by atoms with E-state index in [-0.39, 0.29) is 91.7 Å². The molecule has 0 atom stereocenters. The van der Waals surface area contributed by atoms with Gasteiger partial charge in [0.05, 0.1) is 27.8 Å². The van der Waals surface area contributed by atoms with Crippen molar-refractivity contribution in [3.63, 3.8) is 0 Å².